The Balaban J connectivity index is 1.79. The Morgan fingerprint density at radius 3 is 3.16 bits per heavy atom. The Hall–Kier alpha value is -1.38. The van der Waals surface area contributed by atoms with Gasteiger partial charge in [0, 0.05) is 12.0 Å². The number of aromatic nitrogens is 2. The molecule has 0 saturated heterocycles. The van der Waals surface area contributed by atoms with E-state index < -0.39 is 0 Å². The minimum Gasteiger partial charge on any atom is -0.382 e. The van der Waals surface area contributed by atoms with Crippen molar-refractivity contribution in [2.45, 2.75) is 44.9 Å². The molecule has 2 aromatic heterocycles. The molecule has 3 N–H and O–H groups in total. The summed E-state index contributed by atoms with van der Waals surface area (Å²) < 4.78 is 5.05. The highest BCUT2D eigenvalue weighted by Gasteiger charge is 2.23. The molecule has 0 aromatic carbocycles. The van der Waals surface area contributed by atoms with Gasteiger partial charge in [0.05, 0.1) is 23.8 Å². The first-order chi connectivity index (χ1) is 12.0. The zero-order chi connectivity index (χ0) is 18.0. The number of hydrogen-bond acceptors (Lipinski definition) is 6. The summed E-state index contributed by atoms with van der Waals surface area (Å²) in [6, 6.07) is 0.0120. The highest BCUT2D eigenvalue weighted by molar-refractivity contribution is 8.13. The molecule has 0 bridgehead atoms. The van der Waals surface area contributed by atoms with Crippen molar-refractivity contribution >= 4 is 38.5 Å². The molecule has 0 spiro atoms. The van der Waals surface area contributed by atoms with Crippen LogP contribution in [0.1, 0.15) is 36.5 Å². The molecular formula is C17H24N4O2S2. The summed E-state index contributed by atoms with van der Waals surface area (Å²) in [6.45, 7) is 4.74. The number of H-pyrrole nitrogens is 1. The molecule has 0 amide bonds. The van der Waals surface area contributed by atoms with Crippen molar-refractivity contribution in [1.82, 2.24) is 9.97 Å². The molecule has 2 aromatic rings. The molecule has 0 aliphatic heterocycles. The van der Waals surface area contributed by atoms with Crippen molar-refractivity contribution in [2.24, 2.45) is 16.6 Å². The van der Waals surface area contributed by atoms with E-state index in [0.717, 1.165) is 29.5 Å². The molecule has 136 valence electrons. The van der Waals surface area contributed by atoms with E-state index in [9.17, 15) is 4.79 Å². The van der Waals surface area contributed by atoms with E-state index in [2.05, 4.69) is 21.9 Å². The molecule has 1 aliphatic carbocycles. The number of rotatable bonds is 5. The number of nitrogens with zero attached hydrogens (tertiary/aromatic N) is 2. The minimum absolute atomic E-state index is 0.0120. The second kappa shape index (κ2) is 7.88. The molecule has 1 aliphatic rings. The summed E-state index contributed by atoms with van der Waals surface area (Å²) in [6.07, 6.45) is 3.17. The maximum Gasteiger partial charge on any atom is 0.259 e. The van der Waals surface area contributed by atoms with E-state index in [1.807, 2.05) is 6.92 Å². The van der Waals surface area contributed by atoms with Crippen molar-refractivity contribution in [3.8, 4) is 0 Å². The van der Waals surface area contributed by atoms with Crippen LogP contribution in [0.15, 0.2) is 9.79 Å². The van der Waals surface area contributed by atoms with Crippen LogP contribution in [0.4, 0.5) is 0 Å². The number of ether oxygens (including phenoxy) is 1. The van der Waals surface area contributed by atoms with Crippen molar-refractivity contribution in [1.29, 1.82) is 0 Å². The second-order valence-corrected chi connectivity index (χ2v) is 8.68. The first kappa shape index (κ1) is 18.4. The lowest BCUT2D eigenvalue weighted by Gasteiger charge is -2.17. The summed E-state index contributed by atoms with van der Waals surface area (Å²) in [5.74, 6) is 1.82. The first-order valence-electron chi connectivity index (χ1n) is 8.46. The zero-order valence-electron chi connectivity index (χ0n) is 14.8. The van der Waals surface area contributed by atoms with Crippen LogP contribution in [0, 0.1) is 5.92 Å². The summed E-state index contributed by atoms with van der Waals surface area (Å²) in [5, 5.41) is 1.27. The van der Waals surface area contributed by atoms with Gasteiger partial charge in [0.15, 0.2) is 5.17 Å². The largest absolute Gasteiger partial charge is 0.382 e. The second-order valence-electron chi connectivity index (χ2n) is 6.60. The number of aromatic amines is 1. The summed E-state index contributed by atoms with van der Waals surface area (Å²) >= 11 is 3.05. The van der Waals surface area contributed by atoms with Crippen LogP contribution in [-0.4, -0.2) is 34.9 Å². The van der Waals surface area contributed by atoms with Gasteiger partial charge in [-0.15, -0.1) is 11.3 Å². The van der Waals surface area contributed by atoms with Crippen LogP contribution < -0.4 is 11.3 Å². The van der Waals surface area contributed by atoms with Crippen molar-refractivity contribution < 1.29 is 4.74 Å². The van der Waals surface area contributed by atoms with E-state index >= 15 is 0 Å². The van der Waals surface area contributed by atoms with Gasteiger partial charge in [0.2, 0.25) is 0 Å². The highest BCUT2D eigenvalue weighted by atomic mass is 32.2. The number of nitrogens with one attached hydrogen (secondary N) is 1. The lowest BCUT2D eigenvalue weighted by molar-refractivity contribution is 0.186. The van der Waals surface area contributed by atoms with Crippen molar-refractivity contribution in [2.75, 3.05) is 13.7 Å². The average molecular weight is 381 g/mol. The van der Waals surface area contributed by atoms with Gasteiger partial charge in [-0.1, -0.05) is 18.7 Å². The molecule has 0 saturated carbocycles. The highest BCUT2D eigenvalue weighted by Crippen LogP contribution is 2.35. The lowest BCUT2D eigenvalue weighted by atomic mass is 9.89. The van der Waals surface area contributed by atoms with Gasteiger partial charge in [-0.2, -0.15) is 0 Å². The third-order valence-corrected chi connectivity index (χ3v) is 6.29. The fourth-order valence-corrected chi connectivity index (χ4v) is 5.22. The van der Waals surface area contributed by atoms with E-state index in [1.165, 1.54) is 22.2 Å². The molecule has 0 unspecified atom stereocenters. The molecule has 6 nitrogen and oxygen atoms in total. The van der Waals surface area contributed by atoms with Crippen LogP contribution in [0.2, 0.25) is 0 Å². The predicted octanol–water partition coefficient (Wildman–Crippen LogP) is 2.69. The van der Waals surface area contributed by atoms with E-state index in [4.69, 9.17) is 10.5 Å². The topological polar surface area (TPSA) is 93.4 Å². The van der Waals surface area contributed by atoms with Gasteiger partial charge in [0.25, 0.3) is 5.56 Å². The number of aliphatic imine (C=N–C) groups is 1. The molecule has 8 heteroatoms. The van der Waals surface area contributed by atoms with E-state index in [-0.39, 0.29) is 11.6 Å². The summed E-state index contributed by atoms with van der Waals surface area (Å²) in [4.78, 5) is 26.6. The zero-order valence-corrected chi connectivity index (χ0v) is 16.4. The Bertz CT molecular complexity index is 843. The summed E-state index contributed by atoms with van der Waals surface area (Å²) in [7, 11) is 1.64. The number of methoxy groups -OCH3 is 1. The third kappa shape index (κ3) is 4.24. The Morgan fingerprint density at radius 1 is 1.60 bits per heavy atom. The maximum atomic E-state index is 12.5. The number of hydrogen-bond donors (Lipinski definition) is 2. The SMILES string of the molecule is COC[C@@H](C)N=C(N)SCc1nc2sc3c(c2c(=O)[nH]1)CC[C@H](C)C3. The molecule has 2 atom stereocenters. The molecule has 0 radical (unpaired) electrons. The molecule has 2 heterocycles. The maximum absolute atomic E-state index is 12.5. The van der Waals surface area contributed by atoms with Gasteiger partial charge in [-0.05, 0) is 37.7 Å². The van der Waals surface area contributed by atoms with Crippen LogP contribution in [-0.2, 0) is 23.3 Å². The van der Waals surface area contributed by atoms with Crippen molar-refractivity contribution in [3.05, 3.63) is 26.6 Å². The quantitative estimate of drug-likeness (QED) is 0.614. The van der Waals surface area contributed by atoms with Gasteiger partial charge in [-0.3, -0.25) is 9.79 Å². The Kier molecular flexibility index (Phi) is 5.81. The average Bonchev–Trinajstić information content (AvgIpc) is 2.90. The smallest absolute Gasteiger partial charge is 0.259 e. The standard InChI is InChI=1S/C17H24N4O2S2/c1-9-4-5-11-12(6-9)25-16-14(11)15(22)20-13(21-16)8-24-17(18)19-10(2)7-23-3/h9-10H,4-8H2,1-3H3,(H2,18,19)(H,20,21,22)/t9-,10+/m0/s1. The molecule has 25 heavy (non-hydrogen) atoms. The van der Waals surface area contributed by atoms with Crippen LogP contribution in [0.25, 0.3) is 10.2 Å². The number of nitrogens with two attached hydrogens (primary N) is 1. The van der Waals surface area contributed by atoms with Crippen molar-refractivity contribution in [3.63, 3.8) is 0 Å². The monoisotopic (exact) mass is 380 g/mol. The van der Waals surface area contributed by atoms with Crippen LogP contribution in [0.3, 0.4) is 0 Å². The number of amidine groups is 1. The Labute approximate surface area is 155 Å². The normalized spacial score (nSPS) is 19.2. The molecule has 3 rings (SSSR count). The van der Waals surface area contributed by atoms with Gasteiger partial charge < -0.3 is 15.5 Å². The van der Waals surface area contributed by atoms with E-state index in [1.54, 1.807) is 18.4 Å². The fourth-order valence-electron chi connectivity index (χ4n) is 3.14. The minimum atomic E-state index is -0.0316. The van der Waals surface area contributed by atoms with Gasteiger partial charge in [-0.25, -0.2) is 4.98 Å². The lowest BCUT2D eigenvalue weighted by Crippen LogP contribution is -2.17. The number of fused-ring (bicyclic) bond motifs is 3. The van der Waals surface area contributed by atoms with E-state index in [0.29, 0.717) is 29.3 Å². The van der Waals surface area contributed by atoms with Gasteiger partial charge in [0.1, 0.15) is 10.7 Å². The predicted molar refractivity (Wildman–Crippen MR) is 106 cm³/mol. The Morgan fingerprint density at radius 2 is 2.40 bits per heavy atom. The number of thiophene rings is 1. The third-order valence-electron chi connectivity index (χ3n) is 4.33. The summed E-state index contributed by atoms with van der Waals surface area (Å²) in [5.41, 5.74) is 7.12. The number of thioether (sulfide) groups is 1. The fraction of sp³-hybridized carbons (Fsp3) is 0.588. The first-order valence-corrected chi connectivity index (χ1v) is 10.3. The van der Waals surface area contributed by atoms with Crippen LogP contribution in [0.5, 0.6) is 0 Å². The van der Waals surface area contributed by atoms with Gasteiger partial charge >= 0.3 is 0 Å². The number of aryl methyl sites for hydroxylation is 1. The van der Waals surface area contributed by atoms with Crippen LogP contribution >= 0.6 is 23.1 Å². The molecule has 0 fully saturated rings. The molecular weight excluding hydrogens is 356 g/mol.